The summed E-state index contributed by atoms with van der Waals surface area (Å²) in [5, 5.41) is 64.6. The molecular weight excluding hydrogens is 1060 g/mol. The fourth-order valence-electron chi connectivity index (χ4n) is 8.16. The van der Waals surface area contributed by atoms with Crippen LogP contribution in [0, 0.1) is 0 Å². The zero-order valence-corrected chi connectivity index (χ0v) is 51.4. The fraction of sp³-hybridized carbons (Fsp3) is 0.364. The molecule has 0 aliphatic heterocycles. The molecular formula is C66H75AlO15. The summed E-state index contributed by atoms with van der Waals surface area (Å²) >= 11 is 0. The number of carboxylic acids is 3. The first-order valence-corrected chi connectivity index (χ1v) is 26.2. The van der Waals surface area contributed by atoms with Crippen molar-refractivity contribution in [1.82, 2.24) is 0 Å². The van der Waals surface area contributed by atoms with Gasteiger partial charge in [-0.2, -0.15) is 0 Å². The number of ether oxygens (including phenoxy) is 3. The number of benzene rings is 6. The van der Waals surface area contributed by atoms with Crippen LogP contribution in [0.1, 0.15) is 220 Å². The van der Waals surface area contributed by atoms with Crippen LogP contribution in [0.3, 0.4) is 0 Å². The Morgan fingerprint density at radius 3 is 0.561 bits per heavy atom. The van der Waals surface area contributed by atoms with E-state index in [1.807, 2.05) is 125 Å². The summed E-state index contributed by atoms with van der Waals surface area (Å²) in [6.07, 6.45) is 0. The Morgan fingerprint density at radius 1 is 0.293 bits per heavy atom. The normalized spacial score (nSPS) is 11.8. The van der Waals surface area contributed by atoms with Gasteiger partial charge in [0, 0.05) is 33.4 Å². The van der Waals surface area contributed by atoms with Gasteiger partial charge in [-0.15, -0.1) is 0 Å². The van der Waals surface area contributed by atoms with Crippen LogP contribution in [-0.4, -0.2) is 68.5 Å². The standard InChI is InChI=1S/3C22H26O5.Al/c3*1-21(2,3)16-11-14(12-17(18(16)23)22(4,5)6)20(26)27-15-9-7-13(8-10-15)19(24)25;/h3*7-12,23H,1-6H3,(H,24,25);/q;;;+3/p-3. The molecule has 0 saturated carbocycles. The van der Waals surface area contributed by atoms with Crippen molar-refractivity contribution in [1.29, 1.82) is 0 Å². The average molecular weight is 1140 g/mol. The molecule has 0 aliphatic carbocycles. The van der Waals surface area contributed by atoms with E-state index in [4.69, 9.17) is 14.2 Å². The zero-order valence-electron chi connectivity index (χ0n) is 50.2. The van der Waals surface area contributed by atoms with E-state index in [1.165, 1.54) is 72.8 Å². The Bertz CT molecular complexity index is 2850. The first-order valence-electron chi connectivity index (χ1n) is 26.2. The molecule has 0 aromatic heterocycles. The van der Waals surface area contributed by atoms with E-state index in [0.717, 1.165) is 0 Å². The molecule has 0 radical (unpaired) electrons. The molecule has 432 valence electrons. The molecule has 0 saturated heterocycles. The maximum Gasteiger partial charge on any atom is 3.00 e. The van der Waals surface area contributed by atoms with Gasteiger partial charge in [0.2, 0.25) is 0 Å². The molecule has 0 unspecified atom stereocenters. The quantitative estimate of drug-likeness (QED) is 0.0691. The number of esters is 3. The Balaban J connectivity index is 0.000000321. The molecule has 16 heteroatoms. The van der Waals surface area contributed by atoms with Crippen molar-refractivity contribution >= 4 is 53.2 Å². The minimum absolute atomic E-state index is 0. The van der Waals surface area contributed by atoms with Crippen molar-refractivity contribution in [3.63, 3.8) is 0 Å². The minimum atomic E-state index is -1.30. The van der Waals surface area contributed by atoms with E-state index in [9.17, 15) is 59.4 Å². The van der Waals surface area contributed by atoms with Crippen molar-refractivity contribution in [3.05, 3.63) is 176 Å². The monoisotopic (exact) mass is 1130 g/mol. The van der Waals surface area contributed by atoms with E-state index in [0.29, 0.717) is 50.1 Å². The van der Waals surface area contributed by atoms with Crippen molar-refractivity contribution in [2.75, 3.05) is 0 Å². The van der Waals surface area contributed by atoms with Crippen LogP contribution in [0.25, 0.3) is 0 Å². The molecule has 6 rings (SSSR count). The summed E-state index contributed by atoms with van der Waals surface area (Å²) in [7, 11) is 0. The molecule has 82 heavy (non-hydrogen) atoms. The fourth-order valence-corrected chi connectivity index (χ4v) is 8.16. The second-order valence-electron chi connectivity index (χ2n) is 25.9. The molecule has 0 spiro atoms. The van der Waals surface area contributed by atoms with Gasteiger partial charge in [0.15, 0.2) is 0 Å². The number of carbonyl (C=O) groups excluding carboxylic acids is 6. The van der Waals surface area contributed by atoms with Gasteiger partial charge in [-0.05, 0) is 158 Å². The predicted molar refractivity (Wildman–Crippen MR) is 309 cm³/mol. The van der Waals surface area contributed by atoms with Crippen LogP contribution in [0.2, 0.25) is 0 Å². The first-order chi connectivity index (χ1) is 36.9. The average Bonchev–Trinajstić information content (AvgIpc) is 3.33. The predicted octanol–water partition coefficient (Wildman–Crippen LogP) is 10.3. The van der Waals surface area contributed by atoms with E-state index < -0.39 is 35.8 Å². The Kier molecular flexibility index (Phi) is 21.6. The minimum Gasteiger partial charge on any atom is -0.545 e. The number of carboxylic acid groups (broad SMARTS) is 3. The van der Waals surface area contributed by atoms with Gasteiger partial charge in [0.1, 0.15) is 34.5 Å². The second-order valence-corrected chi connectivity index (χ2v) is 25.9. The maximum atomic E-state index is 12.7. The van der Waals surface area contributed by atoms with Crippen molar-refractivity contribution in [2.45, 2.75) is 157 Å². The maximum absolute atomic E-state index is 12.7. The van der Waals surface area contributed by atoms with Gasteiger partial charge in [-0.3, -0.25) is 0 Å². The van der Waals surface area contributed by atoms with Crippen LogP contribution in [0.15, 0.2) is 109 Å². The number of hydrogen-bond donors (Lipinski definition) is 3. The molecule has 0 bridgehead atoms. The van der Waals surface area contributed by atoms with Crippen molar-refractivity contribution in [2.24, 2.45) is 0 Å². The largest absolute Gasteiger partial charge is 3.00 e. The Morgan fingerprint density at radius 2 is 0.439 bits per heavy atom. The third kappa shape index (κ3) is 18.0. The van der Waals surface area contributed by atoms with E-state index in [2.05, 4.69) is 0 Å². The van der Waals surface area contributed by atoms with Crippen LogP contribution in [0.4, 0.5) is 0 Å². The number of phenolic OH excluding ortho intramolecular Hbond substituents is 3. The van der Waals surface area contributed by atoms with Crippen LogP contribution >= 0.6 is 0 Å². The molecule has 0 aliphatic rings. The third-order valence-electron chi connectivity index (χ3n) is 12.8. The first kappa shape index (κ1) is 68.3. The summed E-state index contributed by atoms with van der Waals surface area (Å²) in [5.74, 6) is -4.37. The number of aromatic hydroxyl groups is 3. The van der Waals surface area contributed by atoms with E-state index in [1.54, 1.807) is 36.4 Å². The molecule has 15 nitrogen and oxygen atoms in total. The summed E-state index contributed by atoms with van der Waals surface area (Å²) < 4.78 is 16.1. The number of hydrogen-bond acceptors (Lipinski definition) is 15. The van der Waals surface area contributed by atoms with Crippen molar-refractivity contribution in [3.8, 4) is 34.5 Å². The third-order valence-corrected chi connectivity index (χ3v) is 12.8. The number of aromatic carboxylic acids is 3. The summed E-state index contributed by atoms with van der Waals surface area (Å²) in [6, 6.07) is 26.1. The zero-order chi connectivity index (χ0) is 61.7. The topological polar surface area (TPSA) is 260 Å². The van der Waals surface area contributed by atoms with E-state index in [-0.39, 0.29) is 101 Å². The molecule has 0 heterocycles. The van der Waals surface area contributed by atoms with Gasteiger partial charge < -0.3 is 59.2 Å². The molecule has 0 fully saturated rings. The summed E-state index contributed by atoms with van der Waals surface area (Å²) in [5.41, 5.74) is 2.77. The molecule has 3 N–H and O–H groups in total. The van der Waals surface area contributed by atoms with E-state index >= 15 is 0 Å². The summed E-state index contributed by atoms with van der Waals surface area (Å²) in [4.78, 5) is 70.4. The number of phenols is 3. The Hall–Kier alpha value is -7.93. The molecule has 0 amide bonds. The van der Waals surface area contributed by atoms with Crippen molar-refractivity contribution < 1.29 is 73.6 Å². The van der Waals surface area contributed by atoms with Gasteiger partial charge in [-0.1, -0.05) is 125 Å². The van der Waals surface area contributed by atoms with Gasteiger partial charge in [0.25, 0.3) is 0 Å². The molecule has 0 atom stereocenters. The van der Waals surface area contributed by atoms with Crippen LogP contribution in [-0.2, 0) is 32.5 Å². The van der Waals surface area contributed by atoms with Gasteiger partial charge >= 0.3 is 35.3 Å². The second kappa shape index (κ2) is 25.9. The van der Waals surface area contributed by atoms with Crippen LogP contribution < -0.4 is 29.5 Å². The smallest absolute Gasteiger partial charge is 0.545 e. The molecule has 6 aromatic carbocycles. The van der Waals surface area contributed by atoms with Gasteiger partial charge in [-0.25, -0.2) is 14.4 Å². The SMILES string of the molecule is CC(C)(C)c1cc(C(=O)Oc2ccc(C(=O)[O-])cc2)cc(C(C)(C)C)c1O.CC(C)(C)c1cc(C(=O)Oc2ccc(C(=O)[O-])cc2)cc(C(C)(C)C)c1O.CC(C)(C)c1cc(C(=O)Oc2ccc(C(=O)[O-])cc2)cc(C(C)(C)C)c1O.[Al+3]. The van der Waals surface area contributed by atoms with Crippen LogP contribution in [0.5, 0.6) is 34.5 Å². The number of carbonyl (C=O) groups is 6. The number of rotatable bonds is 9. The van der Waals surface area contributed by atoms with Gasteiger partial charge in [0.05, 0.1) is 34.6 Å². The Labute approximate surface area is 492 Å². The molecule has 6 aromatic rings. The summed E-state index contributed by atoms with van der Waals surface area (Å²) in [6.45, 7) is 35.3.